The molecule has 0 fully saturated rings. The van der Waals surface area contributed by atoms with Crippen LogP contribution in [0.15, 0.2) is 66.7 Å². The summed E-state index contributed by atoms with van der Waals surface area (Å²) in [5.74, 6) is 0.769. The van der Waals surface area contributed by atoms with Crippen LogP contribution in [-0.2, 0) is 4.79 Å². The van der Waals surface area contributed by atoms with Crippen molar-refractivity contribution in [2.24, 2.45) is 0 Å². The van der Waals surface area contributed by atoms with Crippen LogP contribution < -0.4 is 25.4 Å². The Labute approximate surface area is 187 Å². The van der Waals surface area contributed by atoms with Crippen molar-refractivity contribution in [2.45, 2.75) is 19.9 Å². The van der Waals surface area contributed by atoms with Gasteiger partial charge in [0.15, 0.2) is 0 Å². The summed E-state index contributed by atoms with van der Waals surface area (Å²) in [5.41, 5.74) is 3.45. The summed E-state index contributed by atoms with van der Waals surface area (Å²) < 4.78 is 10.6. The summed E-state index contributed by atoms with van der Waals surface area (Å²) in [4.78, 5) is 25.2. The zero-order chi connectivity index (χ0) is 23.1. The molecule has 2 amide bonds. The van der Waals surface area contributed by atoms with Crippen molar-refractivity contribution < 1.29 is 19.1 Å². The highest BCUT2D eigenvalue weighted by Gasteiger charge is 2.16. The van der Waals surface area contributed by atoms with Gasteiger partial charge in [0.25, 0.3) is 5.91 Å². The fraction of sp³-hybridized carbons (Fsp3) is 0.200. The van der Waals surface area contributed by atoms with E-state index in [0.717, 1.165) is 11.3 Å². The molecule has 0 aliphatic heterocycles. The maximum Gasteiger partial charge on any atom is 0.255 e. The molecule has 7 nitrogen and oxygen atoms in total. The van der Waals surface area contributed by atoms with E-state index in [-0.39, 0.29) is 11.8 Å². The third-order valence-electron chi connectivity index (χ3n) is 4.89. The number of benzene rings is 3. The first-order valence-electron chi connectivity index (χ1n) is 10.2. The Morgan fingerprint density at radius 1 is 0.812 bits per heavy atom. The highest BCUT2D eigenvalue weighted by molar-refractivity contribution is 6.05. The number of amides is 2. The molecule has 3 aromatic rings. The molecule has 3 N–H and O–H groups in total. The van der Waals surface area contributed by atoms with Gasteiger partial charge in [-0.05, 0) is 67.9 Å². The maximum absolute atomic E-state index is 12.6. The third-order valence-corrected chi connectivity index (χ3v) is 4.89. The predicted octanol–water partition coefficient (Wildman–Crippen LogP) is 4.70. The van der Waals surface area contributed by atoms with E-state index >= 15 is 0 Å². The molecule has 7 heteroatoms. The van der Waals surface area contributed by atoms with Crippen LogP contribution in [-0.4, -0.2) is 32.1 Å². The molecule has 3 rings (SSSR count). The standard InChI is InChI=1S/C25H27N3O4/c1-16-9-14-23(32-4)21(15-16)26-17(2)24(29)27-19-12-10-18(11-13-19)25(30)28-20-7-5-6-8-22(20)31-3/h5-15,17,26H,1-4H3,(H,27,29)(H,28,30). The van der Waals surface area contributed by atoms with Gasteiger partial charge in [0, 0.05) is 11.3 Å². The van der Waals surface area contributed by atoms with E-state index < -0.39 is 6.04 Å². The van der Waals surface area contributed by atoms with Gasteiger partial charge >= 0.3 is 0 Å². The third kappa shape index (κ3) is 5.57. The monoisotopic (exact) mass is 433 g/mol. The molecular formula is C25H27N3O4. The van der Waals surface area contributed by atoms with Crippen LogP contribution in [0.1, 0.15) is 22.8 Å². The van der Waals surface area contributed by atoms with Gasteiger partial charge in [0.1, 0.15) is 17.5 Å². The molecule has 0 saturated carbocycles. The summed E-state index contributed by atoms with van der Waals surface area (Å²) in [7, 11) is 3.14. The maximum atomic E-state index is 12.6. The summed E-state index contributed by atoms with van der Waals surface area (Å²) in [6, 6.07) is 19.1. The van der Waals surface area contributed by atoms with E-state index in [1.54, 1.807) is 57.5 Å². The van der Waals surface area contributed by atoms with Crippen molar-refractivity contribution in [3.63, 3.8) is 0 Å². The number of hydrogen-bond acceptors (Lipinski definition) is 5. The molecule has 0 radical (unpaired) electrons. The van der Waals surface area contributed by atoms with Crippen molar-refractivity contribution in [3.8, 4) is 11.5 Å². The number of anilines is 3. The number of para-hydroxylation sites is 2. The topological polar surface area (TPSA) is 88.7 Å². The van der Waals surface area contributed by atoms with E-state index in [1.165, 1.54) is 0 Å². The van der Waals surface area contributed by atoms with Crippen LogP contribution in [0.3, 0.4) is 0 Å². The van der Waals surface area contributed by atoms with Crippen molar-refractivity contribution >= 4 is 28.9 Å². The van der Waals surface area contributed by atoms with E-state index in [0.29, 0.717) is 28.4 Å². The summed E-state index contributed by atoms with van der Waals surface area (Å²) in [6.07, 6.45) is 0. The number of aryl methyl sites for hydroxylation is 1. The van der Waals surface area contributed by atoms with E-state index in [1.807, 2.05) is 37.3 Å². The molecule has 1 atom stereocenters. The van der Waals surface area contributed by atoms with Gasteiger partial charge in [-0.1, -0.05) is 18.2 Å². The summed E-state index contributed by atoms with van der Waals surface area (Å²) in [5, 5.41) is 8.86. The Morgan fingerprint density at radius 2 is 1.47 bits per heavy atom. The van der Waals surface area contributed by atoms with Crippen LogP contribution in [0.4, 0.5) is 17.1 Å². The fourth-order valence-electron chi connectivity index (χ4n) is 3.13. The normalized spacial score (nSPS) is 11.2. The smallest absolute Gasteiger partial charge is 0.255 e. The quantitative estimate of drug-likeness (QED) is 0.479. The predicted molar refractivity (Wildman–Crippen MR) is 127 cm³/mol. The molecule has 32 heavy (non-hydrogen) atoms. The van der Waals surface area contributed by atoms with E-state index in [4.69, 9.17) is 9.47 Å². The second-order valence-electron chi connectivity index (χ2n) is 7.29. The number of carbonyl (C=O) groups is 2. The number of nitrogens with one attached hydrogen (secondary N) is 3. The first kappa shape index (κ1) is 22.7. The van der Waals surface area contributed by atoms with Crippen LogP contribution >= 0.6 is 0 Å². The SMILES string of the molecule is COc1ccccc1NC(=O)c1ccc(NC(=O)C(C)Nc2cc(C)ccc2OC)cc1. The second kappa shape index (κ2) is 10.3. The van der Waals surface area contributed by atoms with Gasteiger partial charge < -0.3 is 25.4 Å². The zero-order valence-electron chi connectivity index (χ0n) is 18.6. The largest absolute Gasteiger partial charge is 0.495 e. The summed E-state index contributed by atoms with van der Waals surface area (Å²) >= 11 is 0. The van der Waals surface area contributed by atoms with Gasteiger partial charge in [-0.15, -0.1) is 0 Å². The number of methoxy groups -OCH3 is 2. The van der Waals surface area contributed by atoms with Crippen LogP contribution in [0.25, 0.3) is 0 Å². The summed E-state index contributed by atoms with van der Waals surface area (Å²) in [6.45, 7) is 3.74. The second-order valence-corrected chi connectivity index (χ2v) is 7.29. The Hall–Kier alpha value is -4.00. The van der Waals surface area contributed by atoms with Crippen molar-refractivity contribution in [2.75, 3.05) is 30.2 Å². The van der Waals surface area contributed by atoms with Crippen LogP contribution in [0.5, 0.6) is 11.5 Å². The van der Waals surface area contributed by atoms with Crippen molar-refractivity contribution in [3.05, 3.63) is 77.9 Å². The Bertz CT molecular complexity index is 1100. The van der Waals surface area contributed by atoms with Gasteiger partial charge in [-0.3, -0.25) is 9.59 Å². The molecule has 0 aliphatic rings. The van der Waals surface area contributed by atoms with Gasteiger partial charge in [-0.2, -0.15) is 0 Å². The number of ether oxygens (including phenoxy) is 2. The molecule has 0 heterocycles. The molecular weight excluding hydrogens is 406 g/mol. The fourth-order valence-corrected chi connectivity index (χ4v) is 3.13. The minimum atomic E-state index is -0.501. The Kier molecular flexibility index (Phi) is 7.33. The number of carbonyl (C=O) groups excluding carboxylic acids is 2. The van der Waals surface area contributed by atoms with Crippen LogP contribution in [0.2, 0.25) is 0 Å². The highest BCUT2D eigenvalue weighted by atomic mass is 16.5. The van der Waals surface area contributed by atoms with Gasteiger partial charge in [0.2, 0.25) is 5.91 Å². The highest BCUT2D eigenvalue weighted by Crippen LogP contribution is 2.26. The minimum absolute atomic E-state index is 0.209. The van der Waals surface area contributed by atoms with Crippen LogP contribution in [0, 0.1) is 6.92 Å². The lowest BCUT2D eigenvalue weighted by atomic mass is 10.1. The van der Waals surface area contributed by atoms with E-state index in [2.05, 4.69) is 16.0 Å². The lowest BCUT2D eigenvalue weighted by Gasteiger charge is -2.18. The van der Waals surface area contributed by atoms with E-state index in [9.17, 15) is 9.59 Å². The van der Waals surface area contributed by atoms with Gasteiger partial charge in [0.05, 0.1) is 25.6 Å². The first-order chi connectivity index (χ1) is 15.4. The average Bonchev–Trinajstić information content (AvgIpc) is 2.80. The lowest BCUT2D eigenvalue weighted by molar-refractivity contribution is -0.116. The van der Waals surface area contributed by atoms with Crippen molar-refractivity contribution in [1.29, 1.82) is 0 Å². The molecule has 166 valence electrons. The molecule has 0 bridgehead atoms. The zero-order valence-corrected chi connectivity index (χ0v) is 18.6. The Balaban J connectivity index is 1.62. The molecule has 0 aromatic heterocycles. The average molecular weight is 434 g/mol. The van der Waals surface area contributed by atoms with Crippen molar-refractivity contribution in [1.82, 2.24) is 0 Å². The first-order valence-corrected chi connectivity index (χ1v) is 10.2. The lowest BCUT2D eigenvalue weighted by Crippen LogP contribution is -2.32. The van der Waals surface area contributed by atoms with Gasteiger partial charge in [-0.25, -0.2) is 0 Å². The number of rotatable bonds is 8. The number of hydrogen-bond donors (Lipinski definition) is 3. The minimum Gasteiger partial charge on any atom is -0.495 e. The molecule has 0 spiro atoms. The molecule has 1 unspecified atom stereocenters. The molecule has 0 aliphatic carbocycles. The molecule has 0 saturated heterocycles. The molecule has 3 aromatic carbocycles. The Morgan fingerprint density at radius 3 is 2.16 bits per heavy atom.